The molecule has 3 nitrogen and oxygen atoms in total. The van der Waals surface area contributed by atoms with Crippen molar-refractivity contribution in [2.45, 2.75) is 46.0 Å². The smallest absolute Gasteiger partial charge is 0.222 e. The molecule has 1 amide bonds. The van der Waals surface area contributed by atoms with Crippen LogP contribution in [0.25, 0.3) is 0 Å². The molecule has 0 saturated heterocycles. The van der Waals surface area contributed by atoms with E-state index in [1.54, 1.807) is 0 Å². The van der Waals surface area contributed by atoms with Gasteiger partial charge in [-0.1, -0.05) is 20.3 Å². The predicted molar refractivity (Wildman–Crippen MR) is 64.6 cm³/mol. The van der Waals surface area contributed by atoms with Gasteiger partial charge in [-0.3, -0.25) is 4.79 Å². The minimum Gasteiger partial charge on any atom is -0.346 e. The summed E-state index contributed by atoms with van der Waals surface area (Å²) in [5, 5.41) is 0. The van der Waals surface area contributed by atoms with Crippen LogP contribution in [0.2, 0.25) is 0 Å². The van der Waals surface area contributed by atoms with Gasteiger partial charge >= 0.3 is 0 Å². The summed E-state index contributed by atoms with van der Waals surface area (Å²) in [6, 6.07) is 0. The van der Waals surface area contributed by atoms with Gasteiger partial charge in [-0.2, -0.15) is 0 Å². The number of nitrogens with two attached hydrogens (primary N) is 1. The second-order valence-corrected chi connectivity index (χ2v) is 4.60. The molecule has 0 radical (unpaired) electrons. The lowest BCUT2D eigenvalue weighted by Gasteiger charge is -2.18. The largest absolute Gasteiger partial charge is 0.346 e. The summed E-state index contributed by atoms with van der Waals surface area (Å²) in [7, 11) is 1.90. The molecule has 0 heterocycles. The second kappa shape index (κ2) is 8.72. The molecule has 0 aliphatic rings. The standard InChI is InChI=1S/C12H26N2O/c1-11(2)8-10-14(3)12(15)7-5-4-6-9-13/h11H,4-10,13H2,1-3H3. The highest BCUT2D eigenvalue weighted by molar-refractivity contribution is 5.75. The number of rotatable bonds is 8. The van der Waals surface area contributed by atoms with Gasteiger partial charge in [0.05, 0.1) is 0 Å². The fourth-order valence-corrected chi connectivity index (χ4v) is 1.36. The van der Waals surface area contributed by atoms with Gasteiger partial charge in [0.25, 0.3) is 0 Å². The lowest BCUT2D eigenvalue weighted by molar-refractivity contribution is -0.130. The molecule has 0 saturated carbocycles. The lowest BCUT2D eigenvalue weighted by Crippen LogP contribution is -2.28. The van der Waals surface area contributed by atoms with Crippen LogP contribution in [-0.2, 0) is 4.79 Å². The van der Waals surface area contributed by atoms with Gasteiger partial charge in [0.2, 0.25) is 5.91 Å². The average Bonchev–Trinajstić information content (AvgIpc) is 2.20. The van der Waals surface area contributed by atoms with Crippen LogP contribution in [0.5, 0.6) is 0 Å². The van der Waals surface area contributed by atoms with Crippen LogP contribution >= 0.6 is 0 Å². The molecule has 0 bridgehead atoms. The molecule has 90 valence electrons. The Balaban J connectivity index is 3.51. The van der Waals surface area contributed by atoms with Crippen molar-refractivity contribution in [1.82, 2.24) is 4.90 Å². The first-order valence-electron chi connectivity index (χ1n) is 6.02. The highest BCUT2D eigenvalue weighted by atomic mass is 16.2. The zero-order valence-corrected chi connectivity index (χ0v) is 10.5. The van der Waals surface area contributed by atoms with E-state index in [2.05, 4.69) is 13.8 Å². The minimum atomic E-state index is 0.271. The number of carbonyl (C=O) groups is 1. The molecule has 0 aliphatic carbocycles. The minimum absolute atomic E-state index is 0.271. The van der Waals surface area contributed by atoms with Gasteiger partial charge in [-0.25, -0.2) is 0 Å². The molecule has 0 aromatic heterocycles. The van der Waals surface area contributed by atoms with Crippen LogP contribution < -0.4 is 5.73 Å². The molecular formula is C12H26N2O. The number of carbonyl (C=O) groups excluding carboxylic acids is 1. The van der Waals surface area contributed by atoms with Crippen molar-refractivity contribution in [3.05, 3.63) is 0 Å². The maximum absolute atomic E-state index is 11.6. The maximum atomic E-state index is 11.6. The molecule has 15 heavy (non-hydrogen) atoms. The Labute approximate surface area is 94.0 Å². The van der Waals surface area contributed by atoms with Crippen molar-refractivity contribution in [3.63, 3.8) is 0 Å². The van der Waals surface area contributed by atoms with Crippen LogP contribution in [0, 0.1) is 5.92 Å². The number of unbranched alkanes of at least 4 members (excludes halogenated alkanes) is 2. The monoisotopic (exact) mass is 214 g/mol. The van der Waals surface area contributed by atoms with Crippen molar-refractivity contribution < 1.29 is 4.79 Å². The summed E-state index contributed by atoms with van der Waals surface area (Å²) in [4.78, 5) is 13.5. The van der Waals surface area contributed by atoms with E-state index in [0.29, 0.717) is 12.3 Å². The Morgan fingerprint density at radius 3 is 2.47 bits per heavy atom. The van der Waals surface area contributed by atoms with Gasteiger partial charge in [0.15, 0.2) is 0 Å². The summed E-state index contributed by atoms with van der Waals surface area (Å²) >= 11 is 0. The van der Waals surface area contributed by atoms with Gasteiger partial charge in [-0.05, 0) is 31.7 Å². The van der Waals surface area contributed by atoms with Gasteiger partial charge < -0.3 is 10.6 Å². The molecule has 0 aromatic carbocycles. The first-order chi connectivity index (χ1) is 7.07. The highest BCUT2D eigenvalue weighted by Crippen LogP contribution is 2.05. The van der Waals surface area contributed by atoms with E-state index in [9.17, 15) is 4.79 Å². The predicted octanol–water partition coefficient (Wildman–Crippen LogP) is 2.01. The third-order valence-corrected chi connectivity index (χ3v) is 2.56. The van der Waals surface area contributed by atoms with Crippen molar-refractivity contribution in [3.8, 4) is 0 Å². The fraction of sp³-hybridized carbons (Fsp3) is 0.917. The van der Waals surface area contributed by atoms with Gasteiger partial charge in [0.1, 0.15) is 0 Å². The van der Waals surface area contributed by atoms with E-state index in [0.717, 1.165) is 38.8 Å². The molecule has 0 atom stereocenters. The van der Waals surface area contributed by atoms with Crippen molar-refractivity contribution in [1.29, 1.82) is 0 Å². The van der Waals surface area contributed by atoms with E-state index >= 15 is 0 Å². The molecule has 2 N–H and O–H groups in total. The van der Waals surface area contributed by atoms with E-state index in [1.165, 1.54) is 0 Å². The second-order valence-electron chi connectivity index (χ2n) is 4.60. The maximum Gasteiger partial charge on any atom is 0.222 e. The first-order valence-corrected chi connectivity index (χ1v) is 6.02. The van der Waals surface area contributed by atoms with Crippen LogP contribution in [0.15, 0.2) is 0 Å². The Kier molecular flexibility index (Phi) is 8.38. The van der Waals surface area contributed by atoms with E-state index in [4.69, 9.17) is 5.73 Å². The molecule has 0 fully saturated rings. The lowest BCUT2D eigenvalue weighted by atomic mass is 10.1. The Morgan fingerprint density at radius 1 is 1.27 bits per heavy atom. The summed E-state index contributed by atoms with van der Waals surface area (Å²) < 4.78 is 0. The van der Waals surface area contributed by atoms with Crippen LogP contribution in [0.3, 0.4) is 0 Å². The average molecular weight is 214 g/mol. The summed E-state index contributed by atoms with van der Waals surface area (Å²) in [6.07, 6.45) is 4.84. The zero-order valence-electron chi connectivity index (χ0n) is 10.5. The van der Waals surface area contributed by atoms with Crippen LogP contribution in [0.4, 0.5) is 0 Å². The van der Waals surface area contributed by atoms with Crippen LogP contribution in [-0.4, -0.2) is 30.9 Å². The summed E-state index contributed by atoms with van der Waals surface area (Å²) in [5.41, 5.74) is 5.39. The fourth-order valence-electron chi connectivity index (χ4n) is 1.36. The van der Waals surface area contributed by atoms with E-state index < -0.39 is 0 Å². The Morgan fingerprint density at radius 2 is 1.93 bits per heavy atom. The zero-order chi connectivity index (χ0) is 11.7. The Hall–Kier alpha value is -0.570. The molecule has 0 rings (SSSR count). The van der Waals surface area contributed by atoms with E-state index in [1.807, 2.05) is 11.9 Å². The SMILES string of the molecule is CC(C)CCN(C)C(=O)CCCCCN. The molecule has 3 heteroatoms. The number of hydrogen-bond acceptors (Lipinski definition) is 2. The third kappa shape index (κ3) is 8.43. The van der Waals surface area contributed by atoms with Crippen molar-refractivity contribution >= 4 is 5.91 Å². The topological polar surface area (TPSA) is 46.3 Å². The molecule has 0 spiro atoms. The summed E-state index contributed by atoms with van der Waals surface area (Å²) in [5.74, 6) is 0.935. The highest BCUT2D eigenvalue weighted by Gasteiger charge is 2.08. The number of nitrogens with zero attached hydrogens (tertiary/aromatic N) is 1. The Bertz CT molecular complexity index is 169. The molecule has 0 aliphatic heterocycles. The van der Waals surface area contributed by atoms with Crippen LogP contribution in [0.1, 0.15) is 46.0 Å². The molecule has 0 unspecified atom stereocenters. The number of amides is 1. The summed E-state index contributed by atoms with van der Waals surface area (Å²) in [6.45, 7) is 5.98. The van der Waals surface area contributed by atoms with E-state index in [-0.39, 0.29) is 5.91 Å². The number of hydrogen-bond donors (Lipinski definition) is 1. The van der Waals surface area contributed by atoms with Crippen molar-refractivity contribution in [2.75, 3.05) is 20.1 Å². The van der Waals surface area contributed by atoms with Gasteiger partial charge in [0, 0.05) is 20.0 Å². The first kappa shape index (κ1) is 14.4. The normalized spacial score (nSPS) is 10.7. The third-order valence-electron chi connectivity index (χ3n) is 2.56. The molecular weight excluding hydrogens is 188 g/mol. The van der Waals surface area contributed by atoms with Crippen molar-refractivity contribution in [2.24, 2.45) is 11.7 Å². The van der Waals surface area contributed by atoms with Gasteiger partial charge in [-0.15, -0.1) is 0 Å². The molecule has 0 aromatic rings. The quantitative estimate of drug-likeness (QED) is 0.628.